The summed E-state index contributed by atoms with van der Waals surface area (Å²) in [5.41, 5.74) is 3.27. The number of hydrogen-bond donors (Lipinski definition) is 0. The summed E-state index contributed by atoms with van der Waals surface area (Å²) in [5, 5.41) is 9.07. The number of rotatable bonds is 6. The molecule has 0 unspecified atom stereocenters. The first-order valence-corrected chi connectivity index (χ1v) is 10.8. The Hall–Kier alpha value is -1.29. The Bertz CT molecular complexity index is 554. The molecular weight excluding hydrogens is 302 g/mol. The molecule has 2 aliphatic carbocycles. The van der Waals surface area contributed by atoms with Gasteiger partial charge in [0, 0.05) is 5.92 Å². The maximum absolute atomic E-state index is 9.07. The van der Waals surface area contributed by atoms with Crippen LogP contribution in [0.3, 0.4) is 0 Å². The van der Waals surface area contributed by atoms with E-state index < -0.39 is 0 Å². The maximum Gasteiger partial charge on any atom is 0.0655 e. The molecule has 1 aromatic rings. The zero-order valence-corrected chi connectivity index (χ0v) is 16.1. The average molecular weight is 338 g/mol. The first-order chi connectivity index (χ1) is 12.3. The second kappa shape index (κ2) is 9.42. The summed E-state index contributed by atoms with van der Waals surface area (Å²) in [5.74, 6) is 2.97. The number of hydrogen-bond acceptors (Lipinski definition) is 1. The zero-order valence-electron chi connectivity index (χ0n) is 16.1. The van der Waals surface area contributed by atoms with Gasteiger partial charge in [-0.15, -0.1) is 0 Å². The van der Waals surface area contributed by atoms with Crippen LogP contribution in [0.2, 0.25) is 0 Å². The van der Waals surface area contributed by atoms with E-state index in [0.29, 0.717) is 5.92 Å². The fraction of sp³-hybridized carbons (Fsp3) is 0.708. The summed E-state index contributed by atoms with van der Waals surface area (Å²) >= 11 is 0. The Labute approximate surface area is 154 Å². The summed E-state index contributed by atoms with van der Waals surface area (Å²) in [6.45, 7) is 2.32. The summed E-state index contributed by atoms with van der Waals surface area (Å²) < 4.78 is 0. The normalized spacial score (nSPS) is 29.9. The number of nitrogens with zero attached hydrogens (tertiary/aromatic N) is 1. The van der Waals surface area contributed by atoms with E-state index in [1.807, 2.05) is 0 Å². The van der Waals surface area contributed by atoms with Crippen LogP contribution in [0, 0.1) is 29.1 Å². The van der Waals surface area contributed by atoms with E-state index in [2.05, 4.69) is 37.3 Å². The fourth-order valence-electron chi connectivity index (χ4n) is 5.27. The van der Waals surface area contributed by atoms with E-state index in [4.69, 9.17) is 5.26 Å². The quantitative estimate of drug-likeness (QED) is 0.547. The van der Waals surface area contributed by atoms with E-state index in [-0.39, 0.29) is 0 Å². The van der Waals surface area contributed by atoms with Crippen LogP contribution in [0.1, 0.15) is 94.6 Å². The van der Waals surface area contributed by atoms with Crippen molar-refractivity contribution in [2.75, 3.05) is 0 Å². The van der Waals surface area contributed by atoms with E-state index in [1.165, 1.54) is 64.2 Å². The Morgan fingerprint density at radius 1 is 0.880 bits per heavy atom. The Balaban J connectivity index is 1.54. The maximum atomic E-state index is 9.07. The smallest absolute Gasteiger partial charge is 0.0655 e. The van der Waals surface area contributed by atoms with Crippen molar-refractivity contribution in [1.29, 1.82) is 5.26 Å². The molecular formula is C24H35N. The molecule has 2 fully saturated rings. The molecule has 0 amide bonds. The number of aryl methyl sites for hydroxylation is 1. The molecule has 0 radical (unpaired) electrons. The monoisotopic (exact) mass is 337 g/mol. The fourth-order valence-corrected chi connectivity index (χ4v) is 5.27. The highest BCUT2D eigenvalue weighted by atomic mass is 14.3. The molecule has 1 aromatic carbocycles. The van der Waals surface area contributed by atoms with Crippen molar-refractivity contribution >= 4 is 0 Å². The first kappa shape index (κ1) is 18.5. The molecule has 1 heteroatoms. The number of nitriles is 1. The molecule has 25 heavy (non-hydrogen) atoms. The van der Waals surface area contributed by atoms with Gasteiger partial charge in [-0.3, -0.25) is 0 Å². The van der Waals surface area contributed by atoms with Gasteiger partial charge in [-0.1, -0.05) is 44.0 Å². The topological polar surface area (TPSA) is 23.8 Å². The highest BCUT2D eigenvalue weighted by molar-refractivity contribution is 5.31. The molecule has 2 saturated carbocycles. The van der Waals surface area contributed by atoms with Gasteiger partial charge in [0.2, 0.25) is 0 Å². The van der Waals surface area contributed by atoms with Crippen molar-refractivity contribution < 1.29 is 0 Å². The van der Waals surface area contributed by atoms with Gasteiger partial charge in [0.05, 0.1) is 6.07 Å². The minimum absolute atomic E-state index is 0.335. The predicted octanol–water partition coefficient (Wildman–Crippen LogP) is 7.02. The van der Waals surface area contributed by atoms with Gasteiger partial charge in [-0.25, -0.2) is 0 Å². The standard InChI is InChI=1S/C24H35N/c1-2-5-19-12-16-23(17-13-19)24-7-4-3-6-22(24)15-14-20-8-10-21(18-25)11-9-20/h3-4,6-7,19-21,23H,2,5,8-17H2,1H3/t19-,20-,21-,23-. The zero-order chi connectivity index (χ0) is 17.5. The van der Waals surface area contributed by atoms with Crippen LogP contribution >= 0.6 is 0 Å². The molecule has 1 nitrogen and oxygen atoms in total. The van der Waals surface area contributed by atoms with Crippen molar-refractivity contribution in [2.45, 2.75) is 89.9 Å². The van der Waals surface area contributed by atoms with Crippen LogP contribution in [-0.4, -0.2) is 0 Å². The van der Waals surface area contributed by atoms with Crippen LogP contribution in [0.25, 0.3) is 0 Å². The SMILES string of the molecule is CCC[C@H]1CC[C@H](c2ccccc2CC[C@H]2CC[C@H](C#N)CC2)CC1. The van der Waals surface area contributed by atoms with Gasteiger partial charge < -0.3 is 0 Å². The lowest BCUT2D eigenvalue weighted by molar-refractivity contribution is 0.297. The van der Waals surface area contributed by atoms with Crippen LogP contribution < -0.4 is 0 Å². The molecule has 0 bridgehead atoms. The molecule has 0 N–H and O–H groups in total. The molecule has 0 saturated heterocycles. The molecule has 2 aliphatic rings. The Morgan fingerprint density at radius 3 is 2.20 bits per heavy atom. The van der Waals surface area contributed by atoms with Crippen molar-refractivity contribution in [3.63, 3.8) is 0 Å². The van der Waals surface area contributed by atoms with E-state index >= 15 is 0 Å². The largest absolute Gasteiger partial charge is 0.198 e. The minimum Gasteiger partial charge on any atom is -0.198 e. The van der Waals surface area contributed by atoms with E-state index in [0.717, 1.165) is 30.6 Å². The van der Waals surface area contributed by atoms with Crippen LogP contribution in [0.4, 0.5) is 0 Å². The van der Waals surface area contributed by atoms with Gasteiger partial charge in [-0.05, 0) is 93.1 Å². The van der Waals surface area contributed by atoms with Crippen LogP contribution in [0.5, 0.6) is 0 Å². The summed E-state index contributed by atoms with van der Waals surface area (Å²) in [6, 6.07) is 11.7. The highest BCUT2D eigenvalue weighted by Crippen LogP contribution is 2.39. The van der Waals surface area contributed by atoms with E-state index in [1.54, 1.807) is 11.1 Å². The highest BCUT2D eigenvalue weighted by Gasteiger charge is 2.24. The lowest BCUT2D eigenvalue weighted by Gasteiger charge is -2.30. The van der Waals surface area contributed by atoms with Crippen molar-refractivity contribution in [3.05, 3.63) is 35.4 Å². The van der Waals surface area contributed by atoms with Crippen LogP contribution in [0.15, 0.2) is 24.3 Å². The lowest BCUT2D eigenvalue weighted by Crippen LogP contribution is -2.16. The lowest BCUT2D eigenvalue weighted by atomic mass is 9.75. The molecule has 0 heterocycles. The third kappa shape index (κ3) is 5.10. The summed E-state index contributed by atoms with van der Waals surface area (Å²) in [4.78, 5) is 0. The Kier molecular flexibility index (Phi) is 6.97. The molecule has 0 atom stereocenters. The predicted molar refractivity (Wildman–Crippen MR) is 105 cm³/mol. The van der Waals surface area contributed by atoms with Gasteiger partial charge in [0.1, 0.15) is 0 Å². The second-order valence-corrected chi connectivity index (χ2v) is 8.59. The van der Waals surface area contributed by atoms with Crippen molar-refractivity contribution in [3.8, 4) is 6.07 Å². The van der Waals surface area contributed by atoms with Gasteiger partial charge >= 0.3 is 0 Å². The third-order valence-corrected chi connectivity index (χ3v) is 6.89. The van der Waals surface area contributed by atoms with Crippen molar-refractivity contribution in [2.24, 2.45) is 17.8 Å². The first-order valence-electron chi connectivity index (χ1n) is 10.8. The number of benzene rings is 1. The second-order valence-electron chi connectivity index (χ2n) is 8.59. The Morgan fingerprint density at radius 2 is 1.52 bits per heavy atom. The summed E-state index contributed by atoms with van der Waals surface area (Å²) in [6.07, 6.45) is 15.8. The third-order valence-electron chi connectivity index (χ3n) is 6.89. The average Bonchev–Trinajstić information content (AvgIpc) is 2.68. The van der Waals surface area contributed by atoms with Gasteiger partial charge in [0.15, 0.2) is 0 Å². The van der Waals surface area contributed by atoms with Gasteiger partial charge in [-0.2, -0.15) is 5.26 Å². The van der Waals surface area contributed by atoms with Gasteiger partial charge in [0.25, 0.3) is 0 Å². The summed E-state index contributed by atoms with van der Waals surface area (Å²) in [7, 11) is 0. The molecule has 0 spiro atoms. The minimum atomic E-state index is 0.335. The molecule has 0 aliphatic heterocycles. The van der Waals surface area contributed by atoms with Crippen molar-refractivity contribution in [1.82, 2.24) is 0 Å². The molecule has 3 rings (SSSR count). The molecule has 136 valence electrons. The van der Waals surface area contributed by atoms with E-state index in [9.17, 15) is 0 Å². The van der Waals surface area contributed by atoms with Crippen LogP contribution in [-0.2, 0) is 6.42 Å². The molecule has 0 aromatic heterocycles.